The van der Waals surface area contributed by atoms with E-state index in [9.17, 15) is 16.8 Å². The van der Waals surface area contributed by atoms with Gasteiger partial charge in [-0.25, -0.2) is 16.8 Å². The van der Waals surface area contributed by atoms with E-state index in [1.54, 1.807) is 32.2 Å². The summed E-state index contributed by atoms with van der Waals surface area (Å²) in [6.45, 7) is 2.26. The maximum atomic E-state index is 13.5. The Morgan fingerprint density at radius 1 is 1.11 bits per heavy atom. The molecule has 0 unspecified atom stereocenters. The van der Waals surface area contributed by atoms with Gasteiger partial charge in [0.1, 0.15) is 10.6 Å². The van der Waals surface area contributed by atoms with E-state index in [2.05, 4.69) is 0 Å². The maximum absolute atomic E-state index is 13.5. The first kappa shape index (κ1) is 20.8. The Bertz CT molecular complexity index is 1050. The van der Waals surface area contributed by atoms with Crippen LogP contribution in [0.25, 0.3) is 0 Å². The van der Waals surface area contributed by atoms with E-state index in [4.69, 9.17) is 4.74 Å². The Hall–Kier alpha value is -1.90. The molecule has 28 heavy (non-hydrogen) atoms. The van der Waals surface area contributed by atoms with Gasteiger partial charge in [-0.2, -0.15) is 0 Å². The van der Waals surface area contributed by atoms with E-state index in [-0.39, 0.29) is 22.2 Å². The number of nitrogens with zero attached hydrogens (tertiary/aromatic N) is 1. The number of hydrogen-bond acceptors (Lipinski definition) is 6. The van der Waals surface area contributed by atoms with Crippen LogP contribution in [-0.2, 0) is 26.2 Å². The van der Waals surface area contributed by atoms with Crippen LogP contribution >= 0.6 is 0 Å². The highest BCUT2D eigenvalue weighted by Gasteiger charge is 2.48. The van der Waals surface area contributed by atoms with E-state index in [1.807, 2.05) is 35.2 Å². The lowest BCUT2D eigenvalue weighted by atomic mass is 10.1. The third-order valence-electron chi connectivity index (χ3n) is 5.14. The summed E-state index contributed by atoms with van der Waals surface area (Å²) in [7, 11) is -4.19. The van der Waals surface area contributed by atoms with Gasteiger partial charge in [-0.15, -0.1) is 0 Å². The number of methoxy groups -OCH3 is 1. The smallest absolute Gasteiger partial charge is 0.187 e. The fourth-order valence-electron chi connectivity index (χ4n) is 3.66. The predicted octanol–water partition coefficient (Wildman–Crippen LogP) is 2.07. The number of sulfone groups is 2. The molecule has 6 nitrogen and oxygen atoms in total. The maximum Gasteiger partial charge on any atom is 0.187 e. The molecule has 0 amide bonds. The van der Waals surface area contributed by atoms with Crippen LogP contribution < -0.4 is 4.74 Å². The molecule has 152 valence electrons. The van der Waals surface area contributed by atoms with Gasteiger partial charge in [0.25, 0.3) is 0 Å². The topological polar surface area (TPSA) is 80.8 Å². The molecule has 2 aromatic carbocycles. The third-order valence-corrected chi connectivity index (χ3v) is 9.27. The summed E-state index contributed by atoms with van der Waals surface area (Å²) < 4.78 is 56.9. The van der Waals surface area contributed by atoms with Crippen molar-refractivity contribution in [2.75, 3.05) is 25.7 Å². The van der Waals surface area contributed by atoms with Crippen molar-refractivity contribution in [1.29, 1.82) is 0 Å². The van der Waals surface area contributed by atoms with E-state index >= 15 is 0 Å². The van der Waals surface area contributed by atoms with Crippen LogP contribution in [0.2, 0.25) is 0 Å². The highest BCUT2D eigenvalue weighted by atomic mass is 32.2. The molecule has 2 aromatic rings. The SMILES string of the molecule is COc1ccc(C)cc1S(=O)(=O)[C@H]1CS(=O)(=O)C[C@@H]1N(C)Cc1ccccc1. The van der Waals surface area contributed by atoms with Gasteiger partial charge in [0.05, 0.1) is 23.9 Å². The van der Waals surface area contributed by atoms with Crippen LogP contribution in [0.4, 0.5) is 0 Å². The second-order valence-electron chi connectivity index (χ2n) is 7.28. The van der Waals surface area contributed by atoms with Crippen LogP contribution in [0, 0.1) is 6.92 Å². The lowest BCUT2D eigenvalue weighted by Crippen LogP contribution is -2.44. The molecule has 0 aromatic heterocycles. The number of rotatable bonds is 6. The number of benzene rings is 2. The monoisotopic (exact) mass is 423 g/mol. The number of ether oxygens (including phenoxy) is 1. The first-order valence-corrected chi connectivity index (χ1v) is 12.3. The molecule has 0 spiro atoms. The average molecular weight is 424 g/mol. The Kier molecular flexibility index (Phi) is 5.84. The van der Waals surface area contributed by atoms with Gasteiger partial charge in [-0.3, -0.25) is 4.90 Å². The number of hydrogen-bond donors (Lipinski definition) is 0. The van der Waals surface area contributed by atoms with Crippen molar-refractivity contribution in [3.05, 3.63) is 59.7 Å². The molecule has 1 aliphatic rings. The summed E-state index contributed by atoms with van der Waals surface area (Å²) in [5.74, 6) is -0.315. The zero-order chi connectivity index (χ0) is 20.5. The molecule has 2 atom stereocenters. The molecular formula is C20H25NO5S2. The predicted molar refractivity (Wildman–Crippen MR) is 109 cm³/mol. The summed E-state index contributed by atoms with van der Waals surface area (Å²) in [6.07, 6.45) is 0. The van der Waals surface area contributed by atoms with E-state index < -0.39 is 31.0 Å². The quantitative estimate of drug-likeness (QED) is 0.708. The lowest BCUT2D eigenvalue weighted by molar-refractivity contribution is 0.254. The van der Waals surface area contributed by atoms with Crippen LogP contribution in [0.5, 0.6) is 5.75 Å². The molecule has 1 heterocycles. The molecule has 0 radical (unpaired) electrons. The Labute approximate surface area is 167 Å². The zero-order valence-corrected chi connectivity index (χ0v) is 17.8. The third kappa shape index (κ3) is 4.24. The second-order valence-corrected chi connectivity index (χ2v) is 11.6. The fourth-order valence-corrected chi connectivity index (χ4v) is 8.81. The molecular weight excluding hydrogens is 398 g/mol. The minimum Gasteiger partial charge on any atom is -0.495 e. The summed E-state index contributed by atoms with van der Waals surface area (Å²) >= 11 is 0. The minimum absolute atomic E-state index is 0.0511. The Balaban J connectivity index is 1.99. The van der Waals surface area contributed by atoms with Crippen molar-refractivity contribution in [3.63, 3.8) is 0 Å². The van der Waals surface area contributed by atoms with Gasteiger partial charge in [0.2, 0.25) is 0 Å². The van der Waals surface area contributed by atoms with Gasteiger partial charge >= 0.3 is 0 Å². The van der Waals surface area contributed by atoms with E-state index in [1.165, 1.54) is 7.11 Å². The number of aryl methyl sites for hydroxylation is 1. The minimum atomic E-state index is -3.91. The van der Waals surface area contributed by atoms with Crippen molar-refractivity contribution in [2.24, 2.45) is 0 Å². The van der Waals surface area contributed by atoms with Crippen LogP contribution in [-0.4, -0.2) is 58.7 Å². The lowest BCUT2D eigenvalue weighted by Gasteiger charge is -2.28. The van der Waals surface area contributed by atoms with Crippen molar-refractivity contribution in [3.8, 4) is 5.75 Å². The van der Waals surface area contributed by atoms with Crippen molar-refractivity contribution < 1.29 is 21.6 Å². The first-order chi connectivity index (χ1) is 13.1. The molecule has 0 N–H and O–H groups in total. The Morgan fingerprint density at radius 3 is 2.43 bits per heavy atom. The van der Waals surface area contributed by atoms with Crippen LogP contribution in [0.3, 0.4) is 0 Å². The highest BCUT2D eigenvalue weighted by molar-refractivity contribution is 7.96. The molecule has 1 fully saturated rings. The normalized spacial score (nSPS) is 21.7. The first-order valence-electron chi connectivity index (χ1n) is 8.97. The summed E-state index contributed by atoms with van der Waals surface area (Å²) in [4.78, 5) is 1.87. The summed E-state index contributed by atoms with van der Waals surface area (Å²) in [6, 6.07) is 13.9. The molecule has 8 heteroatoms. The summed E-state index contributed by atoms with van der Waals surface area (Å²) in [5.41, 5.74) is 1.77. The van der Waals surface area contributed by atoms with Gasteiger partial charge in [-0.05, 0) is 37.2 Å². The van der Waals surface area contributed by atoms with E-state index in [0.29, 0.717) is 6.54 Å². The van der Waals surface area contributed by atoms with Crippen LogP contribution in [0.1, 0.15) is 11.1 Å². The zero-order valence-electron chi connectivity index (χ0n) is 16.2. The summed E-state index contributed by atoms with van der Waals surface area (Å²) in [5, 5.41) is -1.04. The Morgan fingerprint density at radius 2 is 1.79 bits per heavy atom. The van der Waals surface area contributed by atoms with Gasteiger partial charge in [0.15, 0.2) is 19.7 Å². The molecule has 0 bridgehead atoms. The fraction of sp³-hybridized carbons (Fsp3) is 0.400. The molecule has 0 saturated carbocycles. The van der Waals surface area contributed by atoms with Crippen molar-refractivity contribution in [2.45, 2.75) is 29.7 Å². The molecule has 0 aliphatic carbocycles. The van der Waals surface area contributed by atoms with Gasteiger partial charge < -0.3 is 4.74 Å². The average Bonchev–Trinajstić information content (AvgIpc) is 2.99. The van der Waals surface area contributed by atoms with Gasteiger partial charge in [-0.1, -0.05) is 36.4 Å². The van der Waals surface area contributed by atoms with Crippen molar-refractivity contribution in [1.82, 2.24) is 4.90 Å². The highest BCUT2D eigenvalue weighted by Crippen LogP contribution is 2.34. The van der Waals surface area contributed by atoms with Gasteiger partial charge in [0, 0.05) is 12.6 Å². The molecule has 1 saturated heterocycles. The molecule has 1 aliphatic heterocycles. The van der Waals surface area contributed by atoms with Crippen molar-refractivity contribution >= 4 is 19.7 Å². The second kappa shape index (κ2) is 7.85. The largest absolute Gasteiger partial charge is 0.495 e. The standard InChI is InChI=1S/C20H25NO5S2/c1-15-9-10-18(26-3)19(11-15)28(24,25)20-14-27(22,23)13-17(20)21(2)12-16-7-5-4-6-8-16/h4-11,17,20H,12-14H2,1-3H3/t17-,20-/m0/s1. The van der Waals surface area contributed by atoms with E-state index in [0.717, 1.165) is 11.1 Å². The van der Waals surface area contributed by atoms with Crippen LogP contribution in [0.15, 0.2) is 53.4 Å². The molecule has 3 rings (SSSR count).